The Labute approximate surface area is 117 Å². The highest BCUT2D eigenvalue weighted by Gasteiger charge is 1.99. The second kappa shape index (κ2) is 6.66. The second-order valence-corrected chi connectivity index (χ2v) is 5.24. The molecule has 0 saturated carbocycles. The maximum atomic E-state index is 4.11. The summed E-state index contributed by atoms with van der Waals surface area (Å²) in [6.07, 6.45) is 4.74. The van der Waals surface area contributed by atoms with Gasteiger partial charge in [-0.2, -0.15) is 0 Å². The van der Waals surface area contributed by atoms with Crippen LogP contribution in [0.2, 0.25) is 0 Å². The molecule has 3 heteroatoms. The van der Waals surface area contributed by atoms with Gasteiger partial charge in [-0.15, -0.1) is 0 Å². The highest BCUT2D eigenvalue weighted by molar-refractivity contribution is 9.10. The number of hydrogen-bond donors (Lipinski definition) is 1. The maximum Gasteiger partial charge on any atom is 0.0300 e. The molecule has 0 aliphatic rings. The first kappa shape index (κ1) is 13.2. The molecule has 18 heavy (non-hydrogen) atoms. The lowest BCUT2D eigenvalue weighted by Crippen LogP contribution is -2.17. The summed E-state index contributed by atoms with van der Waals surface area (Å²) < 4.78 is 1.18. The lowest BCUT2D eigenvalue weighted by molar-refractivity contribution is 0.684. The van der Waals surface area contributed by atoms with Crippen LogP contribution in [0.1, 0.15) is 16.7 Å². The fourth-order valence-electron chi connectivity index (χ4n) is 1.80. The predicted octanol–water partition coefficient (Wildman–Crippen LogP) is 3.48. The summed E-state index contributed by atoms with van der Waals surface area (Å²) in [6.45, 7) is 3.96. The van der Waals surface area contributed by atoms with E-state index in [2.05, 4.69) is 57.4 Å². The van der Waals surface area contributed by atoms with E-state index in [1.165, 1.54) is 21.2 Å². The van der Waals surface area contributed by atoms with E-state index < -0.39 is 0 Å². The lowest BCUT2D eigenvalue weighted by Gasteiger charge is -2.07. The van der Waals surface area contributed by atoms with E-state index in [4.69, 9.17) is 0 Å². The minimum atomic E-state index is 0.890. The van der Waals surface area contributed by atoms with Gasteiger partial charge in [-0.1, -0.05) is 34.1 Å². The van der Waals surface area contributed by atoms with Crippen molar-refractivity contribution in [2.75, 3.05) is 6.54 Å². The van der Waals surface area contributed by atoms with Crippen molar-refractivity contribution in [3.05, 3.63) is 63.9 Å². The van der Waals surface area contributed by atoms with E-state index in [1.54, 1.807) is 6.20 Å². The fraction of sp³-hybridized carbons (Fsp3) is 0.267. The highest BCUT2D eigenvalue weighted by atomic mass is 79.9. The highest BCUT2D eigenvalue weighted by Crippen LogP contribution is 2.17. The minimum Gasteiger partial charge on any atom is -0.312 e. The molecule has 1 aromatic heterocycles. The van der Waals surface area contributed by atoms with Crippen LogP contribution in [0.4, 0.5) is 0 Å². The summed E-state index contributed by atoms with van der Waals surface area (Å²) in [5.41, 5.74) is 3.85. The largest absolute Gasteiger partial charge is 0.312 e. The van der Waals surface area contributed by atoms with Gasteiger partial charge in [-0.25, -0.2) is 0 Å². The number of benzene rings is 1. The molecular weight excluding hydrogens is 288 g/mol. The molecule has 0 aliphatic heterocycles. The molecule has 0 atom stereocenters. The Morgan fingerprint density at radius 1 is 1.28 bits per heavy atom. The molecular formula is C15H17BrN2. The fourth-order valence-corrected chi connectivity index (χ4v) is 2.43. The molecule has 0 spiro atoms. The molecule has 1 N–H and O–H groups in total. The van der Waals surface area contributed by atoms with Crippen molar-refractivity contribution in [3.63, 3.8) is 0 Å². The Hall–Kier alpha value is -1.19. The van der Waals surface area contributed by atoms with Crippen LogP contribution in [0.15, 0.2) is 47.2 Å². The molecule has 1 heterocycles. The number of halogens is 1. The molecule has 0 amide bonds. The smallest absolute Gasteiger partial charge is 0.0300 e. The number of pyridine rings is 1. The monoisotopic (exact) mass is 304 g/mol. The molecule has 1 aromatic carbocycles. The first-order valence-electron chi connectivity index (χ1n) is 6.10. The average Bonchev–Trinajstić information content (AvgIpc) is 2.38. The third-order valence-electron chi connectivity index (χ3n) is 2.84. The van der Waals surface area contributed by atoms with E-state index in [-0.39, 0.29) is 0 Å². The van der Waals surface area contributed by atoms with Crippen LogP contribution in [0.5, 0.6) is 0 Å². The van der Waals surface area contributed by atoms with Crippen LogP contribution in [-0.4, -0.2) is 11.5 Å². The van der Waals surface area contributed by atoms with E-state index in [0.717, 1.165) is 19.5 Å². The normalized spacial score (nSPS) is 10.6. The summed E-state index contributed by atoms with van der Waals surface area (Å²) in [5.74, 6) is 0. The van der Waals surface area contributed by atoms with Crippen molar-refractivity contribution in [2.24, 2.45) is 0 Å². The van der Waals surface area contributed by atoms with Crippen LogP contribution in [0, 0.1) is 6.92 Å². The Morgan fingerprint density at radius 3 is 2.89 bits per heavy atom. The van der Waals surface area contributed by atoms with Gasteiger partial charge >= 0.3 is 0 Å². The van der Waals surface area contributed by atoms with Gasteiger partial charge in [0.1, 0.15) is 0 Å². The van der Waals surface area contributed by atoms with Gasteiger partial charge in [-0.3, -0.25) is 4.98 Å². The van der Waals surface area contributed by atoms with Crippen molar-refractivity contribution in [1.29, 1.82) is 0 Å². The van der Waals surface area contributed by atoms with Crippen LogP contribution in [0.25, 0.3) is 0 Å². The zero-order valence-electron chi connectivity index (χ0n) is 10.5. The molecule has 2 rings (SSSR count). The van der Waals surface area contributed by atoms with E-state index in [0.29, 0.717) is 0 Å². The quantitative estimate of drug-likeness (QED) is 0.855. The van der Waals surface area contributed by atoms with Gasteiger partial charge in [0.15, 0.2) is 0 Å². The molecule has 2 aromatic rings. The number of aromatic nitrogens is 1. The lowest BCUT2D eigenvalue weighted by atomic mass is 10.1. The zero-order chi connectivity index (χ0) is 12.8. The van der Waals surface area contributed by atoms with Crippen molar-refractivity contribution in [3.8, 4) is 0 Å². The second-order valence-electron chi connectivity index (χ2n) is 4.38. The third-order valence-corrected chi connectivity index (χ3v) is 3.58. The first-order chi connectivity index (χ1) is 8.75. The van der Waals surface area contributed by atoms with Gasteiger partial charge in [0.2, 0.25) is 0 Å². The Kier molecular flexibility index (Phi) is 4.90. The van der Waals surface area contributed by atoms with Crippen molar-refractivity contribution in [2.45, 2.75) is 19.9 Å². The molecule has 0 aliphatic carbocycles. The van der Waals surface area contributed by atoms with Gasteiger partial charge in [0.25, 0.3) is 0 Å². The van der Waals surface area contributed by atoms with Crippen molar-refractivity contribution in [1.82, 2.24) is 10.3 Å². The van der Waals surface area contributed by atoms with Crippen LogP contribution in [-0.2, 0) is 13.0 Å². The first-order valence-corrected chi connectivity index (χ1v) is 6.89. The van der Waals surface area contributed by atoms with Gasteiger partial charge in [0, 0.05) is 23.4 Å². The number of rotatable bonds is 5. The molecule has 0 radical (unpaired) electrons. The molecule has 0 bridgehead atoms. The van der Waals surface area contributed by atoms with Crippen molar-refractivity contribution < 1.29 is 0 Å². The molecule has 0 fully saturated rings. The standard InChI is InChI=1S/C15H17BrN2/c1-12-4-5-14(15(16)9-12)11-18-8-6-13-3-2-7-17-10-13/h2-5,7,9-10,18H,6,8,11H2,1H3. The van der Waals surface area contributed by atoms with Gasteiger partial charge < -0.3 is 5.32 Å². The molecule has 0 saturated heterocycles. The molecule has 0 unspecified atom stereocenters. The Bertz CT molecular complexity index is 497. The average molecular weight is 305 g/mol. The van der Waals surface area contributed by atoms with Crippen LogP contribution < -0.4 is 5.32 Å². The van der Waals surface area contributed by atoms with Gasteiger partial charge in [-0.05, 0) is 48.7 Å². The summed E-state index contributed by atoms with van der Waals surface area (Å²) >= 11 is 3.59. The summed E-state index contributed by atoms with van der Waals surface area (Å²) in [6, 6.07) is 10.5. The number of nitrogens with one attached hydrogen (secondary N) is 1. The Morgan fingerprint density at radius 2 is 2.17 bits per heavy atom. The molecule has 94 valence electrons. The third kappa shape index (κ3) is 3.93. The zero-order valence-corrected chi connectivity index (χ0v) is 12.1. The van der Waals surface area contributed by atoms with E-state index in [1.807, 2.05) is 12.3 Å². The van der Waals surface area contributed by atoms with E-state index >= 15 is 0 Å². The topological polar surface area (TPSA) is 24.9 Å². The number of hydrogen-bond acceptors (Lipinski definition) is 2. The van der Waals surface area contributed by atoms with E-state index in [9.17, 15) is 0 Å². The maximum absolute atomic E-state index is 4.11. The summed E-state index contributed by atoms with van der Waals surface area (Å²) in [5, 5.41) is 3.45. The Balaban J connectivity index is 1.79. The molecule has 2 nitrogen and oxygen atoms in total. The predicted molar refractivity (Wildman–Crippen MR) is 78.5 cm³/mol. The van der Waals surface area contributed by atoms with Gasteiger partial charge in [0.05, 0.1) is 0 Å². The minimum absolute atomic E-state index is 0.890. The van der Waals surface area contributed by atoms with Crippen LogP contribution in [0.3, 0.4) is 0 Å². The summed E-state index contributed by atoms with van der Waals surface area (Å²) in [4.78, 5) is 4.11. The number of aryl methyl sites for hydroxylation is 1. The SMILES string of the molecule is Cc1ccc(CNCCc2cccnc2)c(Br)c1. The summed E-state index contributed by atoms with van der Waals surface area (Å²) in [7, 11) is 0. The number of nitrogens with zero attached hydrogens (tertiary/aromatic N) is 1. The van der Waals surface area contributed by atoms with Crippen molar-refractivity contribution >= 4 is 15.9 Å². The van der Waals surface area contributed by atoms with Crippen LogP contribution >= 0.6 is 15.9 Å².